The number of aromatic nitrogens is 4. The lowest BCUT2D eigenvalue weighted by Crippen LogP contribution is -2.36. The summed E-state index contributed by atoms with van der Waals surface area (Å²) in [6.07, 6.45) is 5.16. The van der Waals surface area contributed by atoms with Crippen LogP contribution in [0, 0.1) is 5.82 Å². The number of hydrogen-bond acceptors (Lipinski definition) is 6. The van der Waals surface area contributed by atoms with Gasteiger partial charge in [-0.05, 0) is 29.3 Å². The molecule has 7 rings (SSSR count). The fourth-order valence-corrected chi connectivity index (χ4v) is 6.29. The zero-order valence-corrected chi connectivity index (χ0v) is 26.4. The van der Waals surface area contributed by atoms with Gasteiger partial charge in [0.2, 0.25) is 0 Å². The Morgan fingerprint density at radius 3 is 2.28 bits per heavy atom. The van der Waals surface area contributed by atoms with Gasteiger partial charge in [0, 0.05) is 75.5 Å². The molecule has 238 valence electrons. The second-order valence-electron chi connectivity index (χ2n) is 11.7. The van der Waals surface area contributed by atoms with Gasteiger partial charge < -0.3 is 29.4 Å². The normalized spacial score (nSPS) is 13.2. The molecule has 3 aromatic heterocycles. The van der Waals surface area contributed by atoms with Crippen molar-refractivity contribution in [2.45, 2.75) is 13.1 Å². The zero-order chi connectivity index (χ0) is 32.3. The van der Waals surface area contributed by atoms with Crippen LogP contribution in [0.5, 0.6) is 0 Å². The highest BCUT2D eigenvalue weighted by Gasteiger charge is 2.26. The fourth-order valence-electron chi connectivity index (χ4n) is 6.29. The third-order valence-corrected chi connectivity index (χ3v) is 8.62. The monoisotopic (exact) mass is 629 g/mol. The van der Waals surface area contributed by atoms with E-state index in [1.807, 2.05) is 66.3 Å². The third kappa shape index (κ3) is 6.07. The predicted molar refractivity (Wildman–Crippen MR) is 183 cm³/mol. The standard InChI is InChI=1S/C37H36FN7O2/c1-39-37(46)29-22-41-36(45(23-25-9-5-3-6-10-25)24-26-11-7-4-8-12-26)34-28(29)21-31(42-34)33-30(38)19-27(35-40-13-14-43(35)2)20-32(33)44-15-17-47-18-16-44/h3-14,19-22,42H,15-18,23-24H2,1-2H3,(H,39,46). The summed E-state index contributed by atoms with van der Waals surface area (Å²) in [4.78, 5) is 30.4. The number of rotatable bonds is 9. The van der Waals surface area contributed by atoms with Crippen molar-refractivity contribution >= 4 is 28.3 Å². The van der Waals surface area contributed by atoms with Crippen LogP contribution in [0.2, 0.25) is 0 Å². The van der Waals surface area contributed by atoms with Crippen molar-refractivity contribution in [1.82, 2.24) is 24.8 Å². The van der Waals surface area contributed by atoms with E-state index in [4.69, 9.17) is 9.72 Å². The van der Waals surface area contributed by atoms with E-state index in [-0.39, 0.29) is 11.7 Å². The Morgan fingerprint density at radius 2 is 1.66 bits per heavy atom. The highest BCUT2D eigenvalue weighted by atomic mass is 19.1. The number of hydrogen-bond donors (Lipinski definition) is 2. The van der Waals surface area contributed by atoms with Crippen LogP contribution < -0.4 is 15.1 Å². The molecule has 0 aliphatic carbocycles. The minimum atomic E-state index is -0.389. The van der Waals surface area contributed by atoms with Crippen LogP contribution >= 0.6 is 0 Å². The molecule has 1 aliphatic rings. The number of ether oxygens (including phenoxy) is 1. The van der Waals surface area contributed by atoms with Crippen LogP contribution in [0.4, 0.5) is 15.9 Å². The molecule has 0 bridgehead atoms. The maximum Gasteiger partial charge on any atom is 0.253 e. The molecular weight excluding hydrogens is 593 g/mol. The molecule has 6 aromatic rings. The first-order valence-corrected chi connectivity index (χ1v) is 15.7. The molecule has 3 aromatic carbocycles. The second kappa shape index (κ2) is 13.1. The lowest BCUT2D eigenvalue weighted by Gasteiger charge is -2.31. The summed E-state index contributed by atoms with van der Waals surface area (Å²) < 4.78 is 24.1. The summed E-state index contributed by atoms with van der Waals surface area (Å²) in [5.74, 6) is 0.688. The van der Waals surface area contributed by atoms with Crippen LogP contribution in [-0.2, 0) is 24.9 Å². The van der Waals surface area contributed by atoms with Crippen LogP contribution in [-0.4, -0.2) is 58.8 Å². The van der Waals surface area contributed by atoms with Gasteiger partial charge in [-0.2, -0.15) is 0 Å². The van der Waals surface area contributed by atoms with E-state index in [1.165, 1.54) is 6.07 Å². The molecule has 0 atom stereocenters. The quantitative estimate of drug-likeness (QED) is 0.199. The minimum Gasteiger partial charge on any atom is -0.378 e. The van der Waals surface area contributed by atoms with E-state index >= 15 is 4.39 Å². The van der Waals surface area contributed by atoms with E-state index in [0.717, 1.165) is 16.8 Å². The summed E-state index contributed by atoms with van der Waals surface area (Å²) in [7, 11) is 3.49. The maximum absolute atomic E-state index is 16.5. The van der Waals surface area contributed by atoms with Crippen molar-refractivity contribution in [1.29, 1.82) is 0 Å². The van der Waals surface area contributed by atoms with Gasteiger partial charge in [0.05, 0.1) is 35.6 Å². The van der Waals surface area contributed by atoms with Crippen molar-refractivity contribution < 1.29 is 13.9 Å². The smallest absolute Gasteiger partial charge is 0.253 e. The molecule has 9 nitrogen and oxygen atoms in total. The number of aromatic amines is 1. The molecule has 1 fully saturated rings. The van der Waals surface area contributed by atoms with Crippen molar-refractivity contribution in [3.8, 4) is 22.6 Å². The predicted octanol–water partition coefficient (Wildman–Crippen LogP) is 6.17. The average Bonchev–Trinajstić information content (AvgIpc) is 3.75. The van der Waals surface area contributed by atoms with Crippen molar-refractivity contribution in [3.63, 3.8) is 0 Å². The van der Waals surface area contributed by atoms with Gasteiger partial charge in [0.25, 0.3) is 5.91 Å². The summed E-state index contributed by atoms with van der Waals surface area (Å²) in [5.41, 5.74) is 5.70. The molecule has 0 radical (unpaired) electrons. The van der Waals surface area contributed by atoms with Crippen molar-refractivity contribution in [2.24, 2.45) is 7.05 Å². The van der Waals surface area contributed by atoms with E-state index in [2.05, 4.69) is 49.4 Å². The second-order valence-corrected chi connectivity index (χ2v) is 11.7. The van der Waals surface area contributed by atoms with Gasteiger partial charge in [-0.1, -0.05) is 60.7 Å². The number of nitrogens with zero attached hydrogens (tertiary/aromatic N) is 5. The summed E-state index contributed by atoms with van der Waals surface area (Å²) in [6.45, 7) is 3.49. The average molecular weight is 630 g/mol. The number of amides is 1. The highest BCUT2D eigenvalue weighted by Crippen LogP contribution is 2.40. The van der Waals surface area contributed by atoms with Crippen LogP contribution in [0.15, 0.2) is 97.5 Å². The summed E-state index contributed by atoms with van der Waals surface area (Å²) >= 11 is 0. The number of imidazole rings is 1. The lowest BCUT2D eigenvalue weighted by atomic mass is 10.0. The highest BCUT2D eigenvalue weighted by molar-refractivity contribution is 6.10. The molecule has 2 N–H and O–H groups in total. The Balaban J connectivity index is 1.42. The van der Waals surface area contributed by atoms with Gasteiger partial charge in [-0.25, -0.2) is 14.4 Å². The molecule has 47 heavy (non-hydrogen) atoms. The van der Waals surface area contributed by atoms with Gasteiger partial charge in [0.15, 0.2) is 5.82 Å². The van der Waals surface area contributed by atoms with Crippen molar-refractivity contribution in [2.75, 3.05) is 43.2 Å². The Kier molecular flexibility index (Phi) is 8.41. The number of aryl methyl sites for hydroxylation is 1. The van der Waals surface area contributed by atoms with Crippen molar-refractivity contribution in [3.05, 3.63) is 120 Å². The molecular formula is C37H36FN7O2. The Bertz CT molecular complexity index is 1980. The largest absolute Gasteiger partial charge is 0.378 e. The van der Waals surface area contributed by atoms with Crippen LogP contribution in [0.1, 0.15) is 21.5 Å². The number of benzene rings is 3. The fraction of sp³-hybridized carbons (Fsp3) is 0.216. The molecule has 10 heteroatoms. The molecule has 4 heterocycles. The van der Waals surface area contributed by atoms with Crippen LogP contribution in [0.3, 0.4) is 0 Å². The van der Waals surface area contributed by atoms with Gasteiger partial charge in [-0.15, -0.1) is 0 Å². The van der Waals surface area contributed by atoms with Crippen LogP contribution in [0.25, 0.3) is 33.5 Å². The maximum atomic E-state index is 16.5. The molecule has 0 unspecified atom stereocenters. The molecule has 0 saturated carbocycles. The molecule has 0 spiro atoms. The SMILES string of the molecule is CNC(=O)c1cnc(N(Cc2ccccc2)Cc2ccccc2)c2[nH]c(-c3c(F)cc(-c4nccn4C)cc3N3CCOCC3)cc12. The topological polar surface area (TPSA) is 91.3 Å². The first kappa shape index (κ1) is 30.2. The Hall–Kier alpha value is -5.48. The van der Waals surface area contributed by atoms with E-state index < -0.39 is 0 Å². The number of halogens is 1. The number of carbonyl (C=O) groups excluding carboxylic acids is 1. The Morgan fingerprint density at radius 1 is 0.979 bits per heavy atom. The number of H-pyrrole nitrogens is 1. The number of anilines is 2. The number of fused-ring (bicyclic) bond motifs is 1. The number of morpholine rings is 1. The first-order chi connectivity index (χ1) is 23.0. The lowest BCUT2D eigenvalue weighted by molar-refractivity contribution is 0.0964. The summed E-state index contributed by atoms with van der Waals surface area (Å²) in [6, 6.07) is 25.8. The number of pyridine rings is 1. The summed E-state index contributed by atoms with van der Waals surface area (Å²) in [5, 5.41) is 3.40. The van der Waals surface area contributed by atoms with Gasteiger partial charge in [-0.3, -0.25) is 4.79 Å². The van der Waals surface area contributed by atoms with Gasteiger partial charge >= 0.3 is 0 Å². The third-order valence-electron chi connectivity index (χ3n) is 8.62. The number of nitrogens with one attached hydrogen (secondary N) is 2. The Labute approximate surface area is 272 Å². The molecule has 1 amide bonds. The van der Waals surface area contributed by atoms with Gasteiger partial charge in [0.1, 0.15) is 11.6 Å². The minimum absolute atomic E-state index is 0.267. The first-order valence-electron chi connectivity index (χ1n) is 15.7. The van der Waals surface area contributed by atoms with E-state index in [9.17, 15) is 4.79 Å². The molecule has 1 aliphatic heterocycles. The number of carbonyl (C=O) groups is 1. The van der Waals surface area contributed by atoms with E-state index in [1.54, 1.807) is 19.4 Å². The molecule has 1 saturated heterocycles. The van der Waals surface area contributed by atoms with E-state index in [0.29, 0.717) is 84.3 Å². The zero-order valence-electron chi connectivity index (χ0n) is 26.4.